The second-order valence-electron chi connectivity index (χ2n) is 7.48. The molecule has 0 saturated carbocycles. The molecule has 3 aromatic rings. The zero-order chi connectivity index (χ0) is 23.6. The van der Waals surface area contributed by atoms with Crippen LogP contribution in [0.1, 0.15) is 18.5 Å². The van der Waals surface area contributed by atoms with Crippen LogP contribution >= 0.6 is 0 Å². The molecular weight excluding hydrogens is 448 g/mol. The lowest BCUT2D eigenvalue weighted by molar-refractivity contribution is -0.124. The molecule has 33 heavy (non-hydrogen) atoms. The lowest BCUT2D eigenvalue weighted by atomic mass is 10.1. The van der Waals surface area contributed by atoms with Crippen LogP contribution in [0, 0.1) is 0 Å². The minimum absolute atomic E-state index is 0.0247. The summed E-state index contributed by atoms with van der Waals surface area (Å²) in [5.41, 5.74) is 1.67. The summed E-state index contributed by atoms with van der Waals surface area (Å²) in [5.74, 6) is 0.864. The molecule has 4 rings (SSSR count). The van der Waals surface area contributed by atoms with Gasteiger partial charge in [-0.3, -0.25) is 9.59 Å². The second kappa shape index (κ2) is 9.04. The number of nitrogens with two attached hydrogens (primary N) is 1. The standard InChI is InChI=1S/C22H22N4O6S/c1-14(22(28)24-11-10-15-2-5-17(6-3-15)33(23,29)30)26-21(27)9-7-18(25-26)16-4-8-19-20(12-16)32-13-31-19/h2-9,12,14H,10-11,13H2,1H3,(H,24,28)(H2,23,29,30). The average Bonchev–Trinajstić information content (AvgIpc) is 3.26. The molecule has 0 saturated heterocycles. The van der Waals surface area contributed by atoms with Crippen LogP contribution in [0.3, 0.4) is 0 Å². The molecular formula is C22H22N4O6S. The minimum Gasteiger partial charge on any atom is -0.454 e. The van der Waals surface area contributed by atoms with Crippen molar-refractivity contribution in [1.82, 2.24) is 15.1 Å². The van der Waals surface area contributed by atoms with Crippen molar-refractivity contribution in [2.75, 3.05) is 13.3 Å². The number of rotatable bonds is 7. The van der Waals surface area contributed by atoms with E-state index in [4.69, 9.17) is 14.6 Å². The molecule has 1 aromatic heterocycles. The number of ether oxygens (including phenoxy) is 2. The van der Waals surface area contributed by atoms with Crippen molar-refractivity contribution in [1.29, 1.82) is 0 Å². The molecule has 1 aliphatic heterocycles. The van der Waals surface area contributed by atoms with Gasteiger partial charge in [0.05, 0.1) is 10.6 Å². The highest BCUT2D eigenvalue weighted by atomic mass is 32.2. The number of carbonyl (C=O) groups excluding carboxylic acids is 1. The molecule has 1 atom stereocenters. The Morgan fingerprint density at radius 3 is 2.58 bits per heavy atom. The van der Waals surface area contributed by atoms with Crippen molar-refractivity contribution in [2.24, 2.45) is 5.14 Å². The van der Waals surface area contributed by atoms with Gasteiger partial charge in [0.15, 0.2) is 11.5 Å². The SMILES string of the molecule is CC(C(=O)NCCc1ccc(S(N)(=O)=O)cc1)n1nc(-c2ccc3c(c2)OCO3)ccc1=O. The molecule has 0 bridgehead atoms. The fourth-order valence-corrected chi connectivity index (χ4v) is 3.86. The Labute approximate surface area is 190 Å². The zero-order valence-electron chi connectivity index (χ0n) is 17.7. The van der Waals surface area contributed by atoms with Crippen molar-refractivity contribution in [2.45, 2.75) is 24.3 Å². The van der Waals surface area contributed by atoms with Gasteiger partial charge in [-0.15, -0.1) is 0 Å². The molecule has 0 fully saturated rings. The van der Waals surface area contributed by atoms with Crippen LogP contribution in [0.15, 0.2) is 64.3 Å². The third-order valence-electron chi connectivity index (χ3n) is 5.20. The molecule has 172 valence electrons. The molecule has 2 aromatic carbocycles. The number of nitrogens with one attached hydrogen (secondary N) is 1. The number of amides is 1. The minimum atomic E-state index is -3.75. The summed E-state index contributed by atoms with van der Waals surface area (Å²) >= 11 is 0. The summed E-state index contributed by atoms with van der Waals surface area (Å²) in [7, 11) is -3.75. The smallest absolute Gasteiger partial charge is 0.267 e. The highest BCUT2D eigenvalue weighted by Crippen LogP contribution is 2.35. The highest BCUT2D eigenvalue weighted by Gasteiger charge is 2.19. The molecule has 0 aliphatic carbocycles. The van der Waals surface area contributed by atoms with Crippen molar-refractivity contribution in [3.8, 4) is 22.8 Å². The van der Waals surface area contributed by atoms with Gasteiger partial charge in [-0.1, -0.05) is 12.1 Å². The van der Waals surface area contributed by atoms with Gasteiger partial charge in [0.2, 0.25) is 22.7 Å². The van der Waals surface area contributed by atoms with E-state index in [0.717, 1.165) is 15.8 Å². The van der Waals surface area contributed by atoms with Gasteiger partial charge in [0.25, 0.3) is 5.56 Å². The fourth-order valence-electron chi connectivity index (χ4n) is 3.35. The summed E-state index contributed by atoms with van der Waals surface area (Å²) < 4.78 is 34.5. The summed E-state index contributed by atoms with van der Waals surface area (Å²) in [4.78, 5) is 25.0. The second-order valence-corrected chi connectivity index (χ2v) is 9.04. The van der Waals surface area contributed by atoms with Crippen molar-refractivity contribution in [3.05, 3.63) is 70.5 Å². The molecule has 3 N–H and O–H groups in total. The number of primary sulfonamides is 1. The lowest BCUT2D eigenvalue weighted by Crippen LogP contribution is -2.37. The summed E-state index contributed by atoms with van der Waals surface area (Å²) in [6, 6.07) is 13.6. The maximum atomic E-state index is 12.6. The van der Waals surface area contributed by atoms with Crippen molar-refractivity contribution >= 4 is 15.9 Å². The Bertz CT molecular complexity index is 1350. The number of hydrogen-bond donors (Lipinski definition) is 2. The Balaban J connectivity index is 1.42. The molecule has 1 amide bonds. The number of aromatic nitrogens is 2. The predicted octanol–water partition coefficient (Wildman–Crippen LogP) is 1.21. The van der Waals surface area contributed by atoms with Crippen molar-refractivity contribution < 1.29 is 22.7 Å². The van der Waals surface area contributed by atoms with Gasteiger partial charge in [0.1, 0.15) is 6.04 Å². The number of fused-ring (bicyclic) bond motifs is 1. The monoisotopic (exact) mass is 470 g/mol. The van der Waals surface area contributed by atoms with Crippen LogP contribution in [-0.2, 0) is 21.2 Å². The summed E-state index contributed by atoms with van der Waals surface area (Å²) in [5, 5.41) is 12.2. The summed E-state index contributed by atoms with van der Waals surface area (Å²) in [6.07, 6.45) is 0.475. The third kappa shape index (κ3) is 5.04. The van der Waals surface area contributed by atoms with Gasteiger partial charge in [-0.2, -0.15) is 5.10 Å². The maximum Gasteiger partial charge on any atom is 0.267 e. The van der Waals surface area contributed by atoms with Crippen LogP contribution in [-0.4, -0.2) is 37.4 Å². The van der Waals surface area contributed by atoms with Crippen LogP contribution in [0.4, 0.5) is 0 Å². The highest BCUT2D eigenvalue weighted by molar-refractivity contribution is 7.89. The Morgan fingerprint density at radius 1 is 1.12 bits per heavy atom. The number of nitrogens with zero attached hydrogens (tertiary/aromatic N) is 2. The number of benzene rings is 2. The van der Waals surface area contributed by atoms with Gasteiger partial charge in [-0.05, 0) is 55.3 Å². The fraction of sp³-hybridized carbons (Fsp3) is 0.227. The molecule has 1 unspecified atom stereocenters. The van der Waals surface area contributed by atoms with Gasteiger partial charge in [0, 0.05) is 18.2 Å². The molecule has 2 heterocycles. The Morgan fingerprint density at radius 2 is 1.85 bits per heavy atom. The van der Waals surface area contributed by atoms with Crippen molar-refractivity contribution in [3.63, 3.8) is 0 Å². The predicted molar refractivity (Wildman–Crippen MR) is 119 cm³/mol. The van der Waals surface area contributed by atoms with Crippen LogP contribution in [0.5, 0.6) is 11.5 Å². The first-order valence-electron chi connectivity index (χ1n) is 10.1. The van der Waals surface area contributed by atoms with E-state index in [1.54, 1.807) is 43.3 Å². The van der Waals surface area contributed by atoms with E-state index >= 15 is 0 Å². The molecule has 1 aliphatic rings. The van der Waals surface area contributed by atoms with E-state index in [0.29, 0.717) is 30.2 Å². The Kier molecular flexibility index (Phi) is 6.16. The van der Waals surface area contributed by atoms with Crippen LogP contribution in [0.25, 0.3) is 11.3 Å². The first kappa shape index (κ1) is 22.5. The number of hydrogen-bond acceptors (Lipinski definition) is 7. The first-order chi connectivity index (χ1) is 15.7. The normalized spacial score (nSPS) is 13.5. The van der Waals surface area contributed by atoms with E-state index in [1.165, 1.54) is 18.2 Å². The average molecular weight is 471 g/mol. The maximum absolute atomic E-state index is 12.6. The zero-order valence-corrected chi connectivity index (χ0v) is 18.5. The molecule has 10 nitrogen and oxygen atoms in total. The van der Waals surface area contributed by atoms with Gasteiger partial charge < -0.3 is 14.8 Å². The molecule has 11 heteroatoms. The Hall–Kier alpha value is -3.70. The summed E-state index contributed by atoms with van der Waals surface area (Å²) in [6.45, 7) is 2.04. The van der Waals surface area contributed by atoms with Gasteiger partial charge in [-0.25, -0.2) is 18.2 Å². The molecule has 0 spiro atoms. The van der Waals surface area contributed by atoms with Crippen LogP contribution in [0.2, 0.25) is 0 Å². The largest absolute Gasteiger partial charge is 0.454 e. The van der Waals surface area contributed by atoms with E-state index in [1.807, 2.05) is 0 Å². The van der Waals surface area contributed by atoms with E-state index < -0.39 is 21.6 Å². The van der Waals surface area contributed by atoms with Gasteiger partial charge >= 0.3 is 0 Å². The topological polar surface area (TPSA) is 143 Å². The van der Waals surface area contributed by atoms with Crippen LogP contribution < -0.4 is 25.5 Å². The lowest BCUT2D eigenvalue weighted by Gasteiger charge is -2.15. The molecule has 0 radical (unpaired) electrons. The first-order valence-corrected chi connectivity index (χ1v) is 11.7. The number of sulfonamides is 1. The quantitative estimate of drug-likeness (QED) is 0.528. The third-order valence-corrected chi connectivity index (χ3v) is 6.13. The van der Waals surface area contributed by atoms with E-state index in [2.05, 4.69) is 10.4 Å². The van der Waals surface area contributed by atoms with E-state index in [-0.39, 0.29) is 17.6 Å². The number of carbonyl (C=O) groups is 1. The van der Waals surface area contributed by atoms with E-state index in [9.17, 15) is 18.0 Å².